The zero-order valence-electron chi connectivity index (χ0n) is 20.9. The van der Waals surface area contributed by atoms with Crippen LogP contribution in [0.1, 0.15) is 95.9 Å². The van der Waals surface area contributed by atoms with Gasteiger partial charge in [0.1, 0.15) is 6.61 Å². The molecular weight excluding hydrogens is 486 g/mol. The Balaban J connectivity index is 2.68. The number of benzene rings is 2. The third kappa shape index (κ3) is 6.90. The highest BCUT2D eigenvalue weighted by atomic mass is 16.6. The fraction of sp³-hybridized carbons (Fsp3) is 0.385. The highest BCUT2D eigenvalue weighted by Crippen LogP contribution is 2.46. The zero-order valence-corrected chi connectivity index (χ0v) is 20.9. The number of phenolic OH excluding ortho intramolecular Hbond substituents is 2. The summed E-state index contributed by atoms with van der Waals surface area (Å²) in [5.41, 5.74) is -1.55. The van der Waals surface area contributed by atoms with Gasteiger partial charge in [0.05, 0.1) is 21.6 Å². The number of hydrogen-bond acceptors (Lipinski definition) is 10. The number of aromatic hydroxyl groups is 2. The van der Waals surface area contributed by atoms with Crippen molar-refractivity contribution in [2.75, 3.05) is 0 Å². The molecule has 0 fully saturated rings. The number of Topliss-reactive ketones (excluding diaryl/α,β-unsaturated/α-hetero) is 2. The maximum absolute atomic E-state index is 13.3. The standard InChI is InChI=1S/C26H29NO10/c1-4-7-17(28)20-22(26(33)36-14-15-10-12-16(13-11-15)27(34)35)21(18(29)8-5-2)25(24(32)23(20)31)37-19(30)9-6-3/h10-13,31-32H,4-9,14H2,1-3H3. The molecule has 0 saturated heterocycles. The van der Waals surface area contributed by atoms with Crippen LogP contribution in [0, 0.1) is 10.1 Å². The average molecular weight is 516 g/mol. The first-order valence-electron chi connectivity index (χ1n) is 11.9. The number of carbonyl (C=O) groups is 4. The summed E-state index contributed by atoms with van der Waals surface area (Å²) in [6.07, 6.45) is 0.748. The molecule has 0 amide bonds. The topological polar surface area (TPSA) is 170 Å². The molecule has 0 atom stereocenters. The van der Waals surface area contributed by atoms with Gasteiger partial charge in [-0.2, -0.15) is 0 Å². The first-order valence-corrected chi connectivity index (χ1v) is 11.9. The van der Waals surface area contributed by atoms with Crippen molar-refractivity contribution in [2.24, 2.45) is 0 Å². The van der Waals surface area contributed by atoms with Gasteiger partial charge in [0, 0.05) is 31.4 Å². The lowest BCUT2D eigenvalue weighted by molar-refractivity contribution is -0.384. The molecule has 2 aromatic rings. The van der Waals surface area contributed by atoms with E-state index >= 15 is 0 Å². The molecule has 0 aliphatic rings. The third-order valence-electron chi connectivity index (χ3n) is 5.31. The van der Waals surface area contributed by atoms with Crippen LogP contribution in [0.15, 0.2) is 24.3 Å². The van der Waals surface area contributed by atoms with E-state index in [1.807, 2.05) is 0 Å². The van der Waals surface area contributed by atoms with Crippen molar-refractivity contribution < 1.29 is 43.8 Å². The van der Waals surface area contributed by atoms with E-state index in [1.54, 1.807) is 20.8 Å². The Hall–Kier alpha value is -4.28. The summed E-state index contributed by atoms with van der Waals surface area (Å²) in [5, 5.41) is 32.2. The number of nitro groups is 1. The third-order valence-corrected chi connectivity index (χ3v) is 5.31. The Labute approximate surface area is 213 Å². The number of esters is 2. The molecule has 198 valence electrons. The van der Waals surface area contributed by atoms with E-state index in [-0.39, 0.29) is 31.6 Å². The van der Waals surface area contributed by atoms with Crippen molar-refractivity contribution in [3.63, 3.8) is 0 Å². The van der Waals surface area contributed by atoms with Gasteiger partial charge in [-0.05, 0) is 37.0 Å². The van der Waals surface area contributed by atoms with E-state index in [0.29, 0.717) is 24.8 Å². The molecule has 0 aromatic heterocycles. The Morgan fingerprint density at radius 3 is 1.86 bits per heavy atom. The molecule has 37 heavy (non-hydrogen) atoms. The Morgan fingerprint density at radius 2 is 1.35 bits per heavy atom. The van der Waals surface area contributed by atoms with Crippen molar-refractivity contribution in [3.8, 4) is 17.2 Å². The van der Waals surface area contributed by atoms with Crippen molar-refractivity contribution in [2.45, 2.75) is 65.9 Å². The van der Waals surface area contributed by atoms with E-state index in [4.69, 9.17) is 9.47 Å². The second kappa shape index (κ2) is 13.1. The van der Waals surface area contributed by atoms with E-state index in [9.17, 15) is 39.5 Å². The molecule has 2 rings (SSSR count). The number of phenols is 2. The summed E-state index contributed by atoms with van der Waals surface area (Å²) in [5.74, 6) is -6.16. The van der Waals surface area contributed by atoms with Crippen LogP contribution >= 0.6 is 0 Å². The van der Waals surface area contributed by atoms with Crippen LogP contribution in [0.2, 0.25) is 0 Å². The minimum Gasteiger partial charge on any atom is -0.504 e. The maximum atomic E-state index is 13.3. The number of carbonyl (C=O) groups excluding carboxylic acids is 4. The Morgan fingerprint density at radius 1 is 0.811 bits per heavy atom. The van der Waals surface area contributed by atoms with E-state index in [2.05, 4.69) is 0 Å². The normalized spacial score (nSPS) is 10.6. The molecule has 0 heterocycles. The summed E-state index contributed by atoms with van der Waals surface area (Å²) in [6.45, 7) is 4.70. The molecule has 11 heteroatoms. The van der Waals surface area contributed by atoms with Crippen LogP contribution in [-0.4, -0.2) is 38.6 Å². The lowest BCUT2D eigenvalue weighted by Crippen LogP contribution is -2.20. The molecule has 0 aliphatic carbocycles. The number of non-ortho nitro benzene ring substituents is 1. The van der Waals surface area contributed by atoms with Crippen LogP contribution in [-0.2, 0) is 16.1 Å². The number of ketones is 2. The van der Waals surface area contributed by atoms with Crippen LogP contribution in [0.3, 0.4) is 0 Å². The van der Waals surface area contributed by atoms with Gasteiger partial charge in [0.2, 0.25) is 5.75 Å². The summed E-state index contributed by atoms with van der Waals surface area (Å²) in [4.78, 5) is 61.9. The van der Waals surface area contributed by atoms with Crippen molar-refractivity contribution >= 4 is 29.2 Å². The highest BCUT2D eigenvalue weighted by Gasteiger charge is 2.36. The molecule has 2 aromatic carbocycles. The number of nitrogens with zero attached hydrogens (tertiary/aromatic N) is 1. The van der Waals surface area contributed by atoms with Crippen molar-refractivity contribution in [1.82, 2.24) is 0 Å². The fourth-order valence-electron chi connectivity index (χ4n) is 3.55. The molecule has 0 spiro atoms. The quantitative estimate of drug-likeness (QED) is 0.0920. The predicted octanol–water partition coefficient (Wildman–Crippen LogP) is 5.03. The van der Waals surface area contributed by atoms with Crippen LogP contribution in [0.25, 0.3) is 0 Å². The molecule has 11 nitrogen and oxygen atoms in total. The molecule has 0 radical (unpaired) electrons. The van der Waals surface area contributed by atoms with Crippen LogP contribution in [0.5, 0.6) is 17.2 Å². The number of hydrogen-bond donors (Lipinski definition) is 2. The van der Waals surface area contributed by atoms with Gasteiger partial charge in [0.25, 0.3) is 5.69 Å². The Kier molecular flexibility index (Phi) is 10.3. The van der Waals surface area contributed by atoms with Crippen molar-refractivity contribution in [1.29, 1.82) is 0 Å². The van der Waals surface area contributed by atoms with E-state index < -0.39 is 62.4 Å². The predicted molar refractivity (Wildman–Crippen MR) is 131 cm³/mol. The average Bonchev–Trinajstić information content (AvgIpc) is 2.85. The first kappa shape index (κ1) is 29.0. The molecule has 0 unspecified atom stereocenters. The van der Waals surface area contributed by atoms with E-state index in [0.717, 1.165) is 0 Å². The fourth-order valence-corrected chi connectivity index (χ4v) is 3.55. The van der Waals surface area contributed by atoms with Crippen LogP contribution < -0.4 is 4.74 Å². The minimum atomic E-state index is -1.18. The molecular formula is C26H29NO10. The number of nitro benzene ring substituents is 1. The van der Waals surface area contributed by atoms with Gasteiger partial charge < -0.3 is 19.7 Å². The molecule has 2 N–H and O–H groups in total. The minimum absolute atomic E-state index is 0.0714. The summed E-state index contributed by atoms with van der Waals surface area (Å²) >= 11 is 0. The van der Waals surface area contributed by atoms with Gasteiger partial charge >= 0.3 is 11.9 Å². The summed E-state index contributed by atoms with van der Waals surface area (Å²) in [7, 11) is 0. The number of ether oxygens (including phenoxy) is 2. The number of rotatable bonds is 13. The SMILES string of the molecule is CCCC(=O)Oc1c(O)c(O)c(C(=O)CCC)c(C(=O)OCc2ccc([N+](=O)[O-])cc2)c1C(=O)CCC. The second-order valence-corrected chi connectivity index (χ2v) is 8.22. The van der Waals surface area contributed by atoms with E-state index in [1.165, 1.54) is 24.3 Å². The lowest BCUT2D eigenvalue weighted by atomic mass is 9.90. The molecule has 0 saturated carbocycles. The van der Waals surface area contributed by atoms with Gasteiger partial charge in [-0.25, -0.2) is 4.79 Å². The zero-order chi connectivity index (χ0) is 27.7. The van der Waals surface area contributed by atoms with Gasteiger partial charge in [-0.15, -0.1) is 0 Å². The summed E-state index contributed by atoms with van der Waals surface area (Å²) < 4.78 is 10.5. The van der Waals surface area contributed by atoms with Gasteiger partial charge in [0.15, 0.2) is 23.1 Å². The largest absolute Gasteiger partial charge is 0.504 e. The maximum Gasteiger partial charge on any atom is 0.340 e. The van der Waals surface area contributed by atoms with Crippen LogP contribution in [0.4, 0.5) is 5.69 Å². The lowest BCUT2D eigenvalue weighted by Gasteiger charge is -2.19. The van der Waals surface area contributed by atoms with Crippen molar-refractivity contribution in [3.05, 3.63) is 56.6 Å². The first-order chi connectivity index (χ1) is 17.6. The monoisotopic (exact) mass is 515 g/mol. The highest BCUT2D eigenvalue weighted by molar-refractivity contribution is 6.17. The second-order valence-electron chi connectivity index (χ2n) is 8.22. The molecule has 0 aliphatic heterocycles. The Bertz CT molecular complexity index is 1200. The summed E-state index contributed by atoms with van der Waals surface area (Å²) in [6, 6.07) is 5.16. The molecule has 0 bridgehead atoms. The van der Waals surface area contributed by atoms with Gasteiger partial charge in [-0.3, -0.25) is 24.5 Å². The smallest absolute Gasteiger partial charge is 0.340 e. The van der Waals surface area contributed by atoms with Gasteiger partial charge in [-0.1, -0.05) is 20.8 Å².